The van der Waals surface area contributed by atoms with Crippen molar-refractivity contribution in [1.29, 1.82) is 0 Å². The van der Waals surface area contributed by atoms with Gasteiger partial charge in [0.25, 0.3) is 0 Å². The average molecular weight is 282 g/mol. The number of nitro groups is 1. The maximum atomic E-state index is 11.1. The maximum absolute atomic E-state index is 11.1. The van der Waals surface area contributed by atoms with E-state index in [0.29, 0.717) is 5.65 Å². The van der Waals surface area contributed by atoms with E-state index in [1.54, 1.807) is 18.2 Å². The predicted molar refractivity (Wildman–Crippen MR) is 68.2 cm³/mol. The molecule has 0 aliphatic rings. The van der Waals surface area contributed by atoms with Crippen LogP contribution in [0.3, 0.4) is 0 Å². The Morgan fingerprint density at radius 2 is 2.37 bits per heavy atom. The minimum atomic E-state index is -1.15. The Morgan fingerprint density at radius 1 is 1.63 bits per heavy atom. The highest BCUT2D eigenvalue weighted by Crippen LogP contribution is 2.29. The molecule has 3 N–H and O–H groups in total. The minimum Gasteiger partial charge on any atom is -0.480 e. The Labute approximate surface area is 111 Å². The number of carboxylic acids is 1. The van der Waals surface area contributed by atoms with E-state index < -0.39 is 16.9 Å². The molecule has 9 heteroatoms. The summed E-state index contributed by atoms with van der Waals surface area (Å²) in [5.74, 6) is -1.32. The zero-order chi connectivity index (χ0) is 14.0. The van der Waals surface area contributed by atoms with E-state index in [1.165, 1.54) is 10.6 Å². The van der Waals surface area contributed by atoms with Gasteiger partial charge in [0.1, 0.15) is 6.04 Å². The fourth-order valence-corrected chi connectivity index (χ4v) is 2.40. The molecule has 19 heavy (non-hydrogen) atoms. The molecule has 2 aromatic rings. The van der Waals surface area contributed by atoms with Gasteiger partial charge in [-0.1, -0.05) is 17.8 Å². The summed E-state index contributed by atoms with van der Waals surface area (Å²) in [6, 6.07) is 3.91. The molecular formula is C10H10N4O4S. The summed E-state index contributed by atoms with van der Waals surface area (Å²) in [5, 5.41) is 19.9. The van der Waals surface area contributed by atoms with Crippen molar-refractivity contribution in [2.45, 2.75) is 11.1 Å². The molecule has 0 amide bonds. The van der Waals surface area contributed by atoms with Crippen LogP contribution in [0.2, 0.25) is 0 Å². The average Bonchev–Trinajstić information content (AvgIpc) is 2.73. The molecule has 0 saturated heterocycles. The number of rotatable bonds is 5. The summed E-state index contributed by atoms with van der Waals surface area (Å²) in [5.41, 5.74) is 5.79. The van der Waals surface area contributed by atoms with Gasteiger partial charge in [0, 0.05) is 11.8 Å². The van der Waals surface area contributed by atoms with Gasteiger partial charge in [-0.05, 0) is 11.0 Å². The van der Waals surface area contributed by atoms with E-state index >= 15 is 0 Å². The van der Waals surface area contributed by atoms with Crippen molar-refractivity contribution in [2.75, 3.05) is 5.75 Å². The van der Waals surface area contributed by atoms with Gasteiger partial charge in [-0.15, -0.1) is 0 Å². The van der Waals surface area contributed by atoms with Crippen LogP contribution in [0.4, 0.5) is 5.82 Å². The number of nitrogens with zero attached hydrogens (tertiary/aromatic N) is 3. The molecule has 100 valence electrons. The summed E-state index contributed by atoms with van der Waals surface area (Å²) in [7, 11) is 0. The van der Waals surface area contributed by atoms with Crippen molar-refractivity contribution in [3.63, 3.8) is 0 Å². The fraction of sp³-hybridized carbons (Fsp3) is 0.200. The van der Waals surface area contributed by atoms with Gasteiger partial charge in [-0.25, -0.2) is 0 Å². The second kappa shape index (κ2) is 5.24. The number of aliphatic carboxylic acids is 1. The molecule has 0 radical (unpaired) electrons. The number of nitrogens with two attached hydrogens (primary N) is 1. The Balaban J connectivity index is 2.34. The minimum absolute atomic E-state index is 0.0139. The van der Waals surface area contributed by atoms with Gasteiger partial charge in [0.2, 0.25) is 5.65 Å². The number of hydrogen-bond acceptors (Lipinski definition) is 6. The number of fused-ring (bicyclic) bond motifs is 1. The first kappa shape index (κ1) is 13.3. The predicted octanol–water partition coefficient (Wildman–Crippen LogP) is 0.746. The number of carboxylic acid groups (broad SMARTS) is 1. The molecule has 2 aromatic heterocycles. The van der Waals surface area contributed by atoms with Crippen LogP contribution in [0.15, 0.2) is 29.4 Å². The third kappa shape index (κ3) is 2.66. The van der Waals surface area contributed by atoms with Crippen LogP contribution >= 0.6 is 11.8 Å². The van der Waals surface area contributed by atoms with E-state index in [4.69, 9.17) is 10.8 Å². The number of thioether (sulfide) groups is 1. The lowest BCUT2D eigenvalue weighted by Crippen LogP contribution is -2.32. The molecule has 2 heterocycles. The first-order valence-corrected chi connectivity index (χ1v) is 6.22. The van der Waals surface area contributed by atoms with E-state index in [9.17, 15) is 14.9 Å². The fourth-order valence-electron chi connectivity index (χ4n) is 1.46. The van der Waals surface area contributed by atoms with Crippen molar-refractivity contribution >= 4 is 29.2 Å². The molecule has 0 aliphatic heterocycles. The summed E-state index contributed by atoms with van der Waals surface area (Å²) in [4.78, 5) is 25.2. The highest BCUT2D eigenvalue weighted by Gasteiger charge is 2.24. The molecule has 0 spiro atoms. The topological polar surface area (TPSA) is 124 Å². The van der Waals surface area contributed by atoms with Gasteiger partial charge in [0.15, 0.2) is 5.03 Å². The van der Waals surface area contributed by atoms with Gasteiger partial charge >= 0.3 is 11.8 Å². The van der Waals surface area contributed by atoms with E-state index in [1.807, 2.05) is 0 Å². The number of carbonyl (C=O) groups is 1. The summed E-state index contributed by atoms with van der Waals surface area (Å²) >= 11 is 0.958. The SMILES string of the molecule is N[C@H](CSc1nc2ccccn2c1[N+](=O)[O-])C(=O)O. The number of aromatic nitrogens is 2. The van der Waals surface area contributed by atoms with Crippen molar-refractivity contribution in [3.8, 4) is 0 Å². The van der Waals surface area contributed by atoms with Gasteiger partial charge < -0.3 is 21.0 Å². The van der Waals surface area contributed by atoms with Gasteiger partial charge in [0.05, 0.1) is 6.20 Å². The molecule has 0 aliphatic carbocycles. The van der Waals surface area contributed by atoms with Crippen LogP contribution in [-0.4, -0.2) is 37.2 Å². The Kier molecular flexibility index (Phi) is 3.67. The quantitative estimate of drug-likeness (QED) is 0.471. The van der Waals surface area contributed by atoms with Crippen molar-refractivity contribution < 1.29 is 14.8 Å². The number of imidazole rings is 1. The maximum Gasteiger partial charge on any atom is 0.361 e. The molecule has 0 saturated carbocycles. The van der Waals surface area contributed by atoms with Crippen LogP contribution in [-0.2, 0) is 4.79 Å². The summed E-state index contributed by atoms with van der Waals surface area (Å²) in [6.07, 6.45) is 1.53. The van der Waals surface area contributed by atoms with E-state index in [-0.39, 0.29) is 16.6 Å². The highest BCUT2D eigenvalue weighted by molar-refractivity contribution is 7.99. The van der Waals surface area contributed by atoms with Crippen LogP contribution < -0.4 is 5.73 Å². The van der Waals surface area contributed by atoms with Gasteiger partial charge in [-0.2, -0.15) is 9.38 Å². The summed E-state index contributed by atoms with van der Waals surface area (Å²) < 4.78 is 1.34. The Bertz CT molecular complexity index is 641. The largest absolute Gasteiger partial charge is 0.480 e. The second-order valence-corrected chi connectivity index (χ2v) is 4.69. The molecule has 0 aromatic carbocycles. The van der Waals surface area contributed by atoms with Gasteiger partial charge in [-0.3, -0.25) is 4.79 Å². The normalized spacial score (nSPS) is 12.5. The molecule has 0 unspecified atom stereocenters. The third-order valence-corrected chi connectivity index (χ3v) is 3.44. The third-order valence-electron chi connectivity index (χ3n) is 2.36. The molecule has 0 bridgehead atoms. The van der Waals surface area contributed by atoms with Crippen LogP contribution in [0, 0.1) is 10.1 Å². The van der Waals surface area contributed by atoms with Crippen molar-refractivity contribution in [3.05, 3.63) is 34.5 Å². The lowest BCUT2D eigenvalue weighted by atomic mass is 10.4. The number of hydrogen-bond donors (Lipinski definition) is 2. The zero-order valence-corrected chi connectivity index (χ0v) is 10.4. The molecule has 8 nitrogen and oxygen atoms in total. The molecule has 1 atom stereocenters. The van der Waals surface area contributed by atoms with E-state index in [2.05, 4.69) is 4.98 Å². The van der Waals surface area contributed by atoms with Crippen LogP contribution in [0.5, 0.6) is 0 Å². The molecular weight excluding hydrogens is 272 g/mol. The van der Waals surface area contributed by atoms with Crippen LogP contribution in [0.1, 0.15) is 0 Å². The lowest BCUT2D eigenvalue weighted by molar-refractivity contribution is -0.393. The second-order valence-electron chi connectivity index (χ2n) is 3.68. The standard InChI is InChI=1S/C10H10N4O4S/c11-6(10(15)16)5-19-8-9(14(17)18)13-4-2-1-3-7(13)12-8/h1-4,6H,5,11H2,(H,15,16)/t6-/m1/s1. The number of pyridine rings is 1. The smallest absolute Gasteiger partial charge is 0.361 e. The van der Waals surface area contributed by atoms with Crippen LogP contribution in [0.25, 0.3) is 5.65 Å². The zero-order valence-electron chi connectivity index (χ0n) is 9.59. The monoisotopic (exact) mass is 282 g/mol. The van der Waals surface area contributed by atoms with Crippen molar-refractivity contribution in [1.82, 2.24) is 9.38 Å². The molecule has 0 fully saturated rings. The lowest BCUT2D eigenvalue weighted by Gasteiger charge is -2.03. The van der Waals surface area contributed by atoms with Crippen molar-refractivity contribution in [2.24, 2.45) is 5.73 Å². The first-order chi connectivity index (χ1) is 9.00. The molecule has 2 rings (SSSR count). The Morgan fingerprint density at radius 3 is 3.00 bits per heavy atom. The summed E-state index contributed by atoms with van der Waals surface area (Å²) in [6.45, 7) is 0. The van der Waals surface area contributed by atoms with E-state index in [0.717, 1.165) is 11.8 Å². The first-order valence-electron chi connectivity index (χ1n) is 5.23. The Hall–Kier alpha value is -2.13. The highest BCUT2D eigenvalue weighted by atomic mass is 32.2.